The van der Waals surface area contributed by atoms with E-state index in [0.717, 1.165) is 18.9 Å². The summed E-state index contributed by atoms with van der Waals surface area (Å²) in [5.74, 6) is 0.584. The standard InChI is InChI=1S/C14H15F3N2O2/c15-14(16,17)11-2-1-3-12(18-11)21-10-7-19(8-10)13(20)6-9-4-5-9/h1-3,9-10H,4-8H2. The zero-order chi connectivity index (χ0) is 15.0. The number of hydrogen-bond acceptors (Lipinski definition) is 3. The first-order valence-electron chi connectivity index (χ1n) is 6.90. The minimum absolute atomic E-state index is 0.0517. The van der Waals surface area contributed by atoms with E-state index in [2.05, 4.69) is 4.98 Å². The number of pyridine rings is 1. The first kappa shape index (κ1) is 14.2. The predicted octanol–water partition coefficient (Wildman–Crippen LogP) is 2.49. The average Bonchev–Trinajstić information content (AvgIpc) is 3.16. The van der Waals surface area contributed by atoms with Crippen molar-refractivity contribution < 1.29 is 22.7 Å². The number of rotatable bonds is 4. The molecule has 0 unspecified atom stereocenters. The third-order valence-electron chi connectivity index (χ3n) is 3.66. The third-order valence-corrected chi connectivity index (χ3v) is 3.66. The summed E-state index contributed by atoms with van der Waals surface area (Å²) in [5.41, 5.74) is -0.971. The van der Waals surface area contributed by atoms with Gasteiger partial charge >= 0.3 is 6.18 Å². The van der Waals surface area contributed by atoms with Gasteiger partial charge in [0.05, 0.1) is 13.1 Å². The molecule has 1 amide bonds. The van der Waals surface area contributed by atoms with Crippen LogP contribution in [0, 0.1) is 5.92 Å². The molecule has 1 saturated heterocycles. The van der Waals surface area contributed by atoms with Crippen molar-refractivity contribution in [2.45, 2.75) is 31.5 Å². The van der Waals surface area contributed by atoms with Gasteiger partial charge in [0, 0.05) is 12.5 Å². The van der Waals surface area contributed by atoms with Crippen molar-refractivity contribution in [2.75, 3.05) is 13.1 Å². The van der Waals surface area contributed by atoms with Crippen molar-refractivity contribution in [3.05, 3.63) is 23.9 Å². The molecule has 21 heavy (non-hydrogen) atoms. The van der Waals surface area contributed by atoms with Crippen molar-refractivity contribution in [3.63, 3.8) is 0 Å². The number of nitrogens with zero attached hydrogens (tertiary/aromatic N) is 2. The maximum Gasteiger partial charge on any atom is 0.433 e. The van der Waals surface area contributed by atoms with E-state index in [4.69, 9.17) is 4.74 Å². The Morgan fingerprint density at radius 1 is 1.33 bits per heavy atom. The van der Waals surface area contributed by atoms with Crippen molar-refractivity contribution in [1.29, 1.82) is 0 Å². The van der Waals surface area contributed by atoms with Gasteiger partial charge < -0.3 is 9.64 Å². The van der Waals surface area contributed by atoms with E-state index in [1.165, 1.54) is 12.1 Å². The molecule has 2 heterocycles. The molecule has 1 aromatic rings. The van der Waals surface area contributed by atoms with E-state index in [1.807, 2.05) is 0 Å². The predicted molar refractivity (Wildman–Crippen MR) is 67.6 cm³/mol. The Kier molecular flexibility index (Phi) is 3.51. The lowest BCUT2D eigenvalue weighted by molar-refractivity contribution is -0.142. The van der Waals surface area contributed by atoms with Crippen LogP contribution < -0.4 is 4.74 Å². The Labute approximate surface area is 119 Å². The highest BCUT2D eigenvalue weighted by Gasteiger charge is 2.36. The van der Waals surface area contributed by atoms with Crippen LogP contribution in [-0.4, -0.2) is 35.0 Å². The molecule has 0 radical (unpaired) electrons. The highest BCUT2D eigenvalue weighted by atomic mass is 19.4. The molecule has 0 spiro atoms. The second kappa shape index (κ2) is 5.20. The fourth-order valence-electron chi connectivity index (χ4n) is 2.22. The van der Waals surface area contributed by atoms with Gasteiger partial charge in [0.1, 0.15) is 11.8 Å². The smallest absolute Gasteiger partial charge is 0.433 e. The van der Waals surface area contributed by atoms with Crippen LogP contribution >= 0.6 is 0 Å². The summed E-state index contributed by atoms with van der Waals surface area (Å²) in [6, 6.07) is 3.56. The molecule has 1 saturated carbocycles. The summed E-state index contributed by atoms with van der Waals surface area (Å²) >= 11 is 0. The number of aromatic nitrogens is 1. The van der Waals surface area contributed by atoms with Crippen LogP contribution in [0.1, 0.15) is 25.0 Å². The number of likely N-dealkylation sites (tertiary alicyclic amines) is 1. The first-order valence-corrected chi connectivity index (χ1v) is 6.90. The number of amides is 1. The number of carbonyl (C=O) groups excluding carboxylic acids is 1. The molecule has 1 aliphatic carbocycles. The van der Waals surface area contributed by atoms with E-state index >= 15 is 0 Å². The molecule has 0 atom stereocenters. The Balaban J connectivity index is 1.51. The highest BCUT2D eigenvalue weighted by Crippen LogP contribution is 2.33. The minimum Gasteiger partial charge on any atom is -0.471 e. The molecule has 4 nitrogen and oxygen atoms in total. The van der Waals surface area contributed by atoms with Gasteiger partial charge in [0.15, 0.2) is 0 Å². The Bertz CT molecular complexity index is 537. The zero-order valence-electron chi connectivity index (χ0n) is 11.3. The van der Waals surface area contributed by atoms with E-state index < -0.39 is 11.9 Å². The number of carbonyl (C=O) groups is 1. The molecule has 0 bridgehead atoms. The minimum atomic E-state index is -4.48. The Hall–Kier alpha value is -1.79. The van der Waals surface area contributed by atoms with Crippen LogP contribution in [0.15, 0.2) is 18.2 Å². The summed E-state index contributed by atoms with van der Waals surface area (Å²) in [5, 5.41) is 0. The lowest BCUT2D eigenvalue weighted by Crippen LogP contribution is -2.56. The van der Waals surface area contributed by atoms with E-state index in [9.17, 15) is 18.0 Å². The summed E-state index contributed by atoms with van der Waals surface area (Å²) in [7, 11) is 0. The second-order valence-corrected chi connectivity index (χ2v) is 5.54. The molecule has 0 N–H and O–H groups in total. The van der Waals surface area contributed by atoms with Gasteiger partial charge in [-0.2, -0.15) is 13.2 Å². The molecule has 0 aromatic carbocycles. The van der Waals surface area contributed by atoms with Crippen LogP contribution in [0.4, 0.5) is 13.2 Å². The maximum absolute atomic E-state index is 12.5. The molecule has 7 heteroatoms. The fraction of sp³-hybridized carbons (Fsp3) is 0.571. The molecule has 1 aliphatic heterocycles. The van der Waals surface area contributed by atoms with Crippen LogP contribution in [-0.2, 0) is 11.0 Å². The monoisotopic (exact) mass is 300 g/mol. The first-order chi connectivity index (χ1) is 9.91. The SMILES string of the molecule is O=C(CC1CC1)N1CC(Oc2cccc(C(F)(F)F)n2)C1. The molecule has 2 aliphatic rings. The summed E-state index contributed by atoms with van der Waals surface area (Å²) in [4.78, 5) is 16.9. The molecular weight excluding hydrogens is 285 g/mol. The normalized spacial score (nSPS) is 19.3. The third kappa shape index (κ3) is 3.46. The Morgan fingerprint density at radius 2 is 2.05 bits per heavy atom. The van der Waals surface area contributed by atoms with Crippen LogP contribution in [0.3, 0.4) is 0 Å². The quantitative estimate of drug-likeness (QED) is 0.858. The number of hydrogen-bond donors (Lipinski definition) is 0. The lowest BCUT2D eigenvalue weighted by atomic mass is 10.1. The molecular formula is C14H15F3N2O2. The lowest BCUT2D eigenvalue weighted by Gasteiger charge is -2.38. The summed E-state index contributed by atoms with van der Waals surface area (Å²) in [6.07, 6.45) is -1.94. The molecule has 3 rings (SSSR count). The van der Waals surface area contributed by atoms with E-state index in [-0.39, 0.29) is 17.9 Å². The average molecular weight is 300 g/mol. The van der Waals surface area contributed by atoms with Crippen molar-refractivity contribution >= 4 is 5.91 Å². The van der Waals surface area contributed by atoms with E-state index in [1.54, 1.807) is 4.90 Å². The second-order valence-electron chi connectivity index (χ2n) is 5.54. The fourth-order valence-corrected chi connectivity index (χ4v) is 2.22. The summed E-state index contributed by atoms with van der Waals surface area (Å²) in [6.45, 7) is 0.840. The van der Waals surface area contributed by atoms with Crippen molar-refractivity contribution in [2.24, 2.45) is 5.92 Å². The number of halogens is 3. The zero-order valence-corrected chi connectivity index (χ0v) is 11.3. The maximum atomic E-state index is 12.5. The van der Waals surface area contributed by atoms with Crippen LogP contribution in [0.25, 0.3) is 0 Å². The summed E-state index contributed by atoms with van der Waals surface area (Å²) < 4.78 is 43.0. The van der Waals surface area contributed by atoms with Gasteiger partial charge in [0.25, 0.3) is 0 Å². The van der Waals surface area contributed by atoms with Gasteiger partial charge in [-0.25, -0.2) is 4.98 Å². The number of ether oxygens (including phenoxy) is 1. The highest BCUT2D eigenvalue weighted by molar-refractivity contribution is 5.77. The molecule has 2 fully saturated rings. The van der Waals surface area contributed by atoms with Crippen molar-refractivity contribution in [1.82, 2.24) is 9.88 Å². The van der Waals surface area contributed by atoms with Gasteiger partial charge in [-0.1, -0.05) is 6.07 Å². The van der Waals surface area contributed by atoms with Crippen molar-refractivity contribution in [3.8, 4) is 5.88 Å². The largest absolute Gasteiger partial charge is 0.471 e. The molecule has 114 valence electrons. The number of alkyl halides is 3. The van der Waals surface area contributed by atoms with Gasteiger partial charge in [-0.15, -0.1) is 0 Å². The topological polar surface area (TPSA) is 42.4 Å². The van der Waals surface area contributed by atoms with Crippen LogP contribution in [0.5, 0.6) is 5.88 Å². The van der Waals surface area contributed by atoms with E-state index in [0.29, 0.717) is 25.4 Å². The van der Waals surface area contributed by atoms with Gasteiger partial charge in [0.2, 0.25) is 11.8 Å². The van der Waals surface area contributed by atoms with Gasteiger partial charge in [-0.3, -0.25) is 4.79 Å². The van der Waals surface area contributed by atoms with Crippen LogP contribution in [0.2, 0.25) is 0 Å². The Morgan fingerprint density at radius 3 is 2.67 bits per heavy atom. The molecule has 1 aromatic heterocycles. The van der Waals surface area contributed by atoms with Gasteiger partial charge in [-0.05, 0) is 24.8 Å².